The number of allylic oxidation sites excluding steroid dienone is 2. The summed E-state index contributed by atoms with van der Waals surface area (Å²) in [4.78, 5) is 0. The second-order valence-corrected chi connectivity index (χ2v) is 3.49. The first-order chi connectivity index (χ1) is 5.24. The molecule has 11 heavy (non-hydrogen) atoms. The Morgan fingerprint density at radius 3 is 2.36 bits per heavy atom. The Morgan fingerprint density at radius 2 is 1.91 bits per heavy atom. The average molecular weight is 156 g/mol. The molecular formula is C8H12O3. The highest BCUT2D eigenvalue weighted by atomic mass is 16.3. The van der Waals surface area contributed by atoms with Crippen LogP contribution in [0.3, 0.4) is 0 Å². The Balaban J connectivity index is 2.24. The van der Waals surface area contributed by atoms with Crippen molar-refractivity contribution in [1.29, 1.82) is 0 Å². The highest BCUT2D eigenvalue weighted by molar-refractivity contribution is 5.20. The van der Waals surface area contributed by atoms with E-state index in [0.717, 1.165) is 12.8 Å². The third-order valence-corrected chi connectivity index (χ3v) is 2.93. The summed E-state index contributed by atoms with van der Waals surface area (Å²) < 4.78 is 0. The molecule has 3 unspecified atom stereocenters. The van der Waals surface area contributed by atoms with Crippen LogP contribution in [0.15, 0.2) is 11.5 Å². The molecule has 2 bridgehead atoms. The van der Waals surface area contributed by atoms with Crippen LogP contribution in [0.1, 0.15) is 12.8 Å². The van der Waals surface area contributed by atoms with Gasteiger partial charge in [0.15, 0.2) is 0 Å². The van der Waals surface area contributed by atoms with Gasteiger partial charge in [0.05, 0.1) is 0 Å². The van der Waals surface area contributed by atoms with Crippen LogP contribution < -0.4 is 0 Å². The van der Waals surface area contributed by atoms with Crippen molar-refractivity contribution in [3.8, 4) is 0 Å². The summed E-state index contributed by atoms with van der Waals surface area (Å²) in [5.74, 6) is 0.623. The molecule has 0 heterocycles. The number of aliphatic hydroxyl groups is 3. The van der Waals surface area contributed by atoms with Gasteiger partial charge in [0.1, 0.15) is 11.5 Å². The monoisotopic (exact) mass is 156 g/mol. The molecule has 3 atom stereocenters. The quantitative estimate of drug-likeness (QED) is 0.530. The van der Waals surface area contributed by atoms with E-state index in [4.69, 9.17) is 5.11 Å². The van der Waals surface area contributed by atoms with Gasteiger partial charge in [0, 0.05) is 18.4 Å². The fourth-order valence-corrected chi connectivity index (χ4v) is 2.28. The van der Waals surface area contributed by atoms with Gasteiger partial charge in [0.2, 0.25) is 0 Å². The van der Waals surface area contributed by atoms with E-state index < -0.39 is 0 Å². The zero-order chi connectivity index (χ0) is 8.01. The molecule has 1 fully saturated rings. The van der Waals surface area contributed by atoms with Crippen LogP contribution in [0, 0.1) is 17.8 Å². The second kappa shape index (κ2) is 2.14. The zero-order valence-electron chi connectivity index (χ0n) is 6.20. The maximum absolute atomic E-state index is 9.31. The number of hydrogen-bond acceptors (Lipinski definition) is 3. The normalized spacial score (nSPS) is 42.1. The molecule has 2 rings (SSSR count). The fraction of sp³-hybridized carbons (Fsp3) is 0.750. The third-order valence-electron chi connectivity index (χ3n) is 2.93. The van der Waals surface area contributed by atoms with Gasteiger partial charge in [-0.1, -0.05) is 0 Å². The van der Waals surface area contributed by atoms with Crippen LogP contribution in [-0.2, 0) is 0 Å². The van der Waals surface area contributed by atoms with Crippen LogP contribution in [0.5, 0.6) is 0 Å². The van der Waals surface area contributed by atoms with Crippen molar-refractivity contribution in [2.45, 2.75) is 12.8 Å². The first kappa shape index (κ1) is 6.98. The van der Waals surface area contributed by atoms with E-state index in [9.17, 15) is 10.2 Å². The van der Waals surface area contributed by atoms with Gasteiger partial charge in [-0.25, -0.2) is 0 Å². The Kier molecular flexibility index (Phi) is 1.36. The molecular weight excluding hydrogens is 144 g/mol. The Labute approximate surface area is 65.0 Å². The van der Waals surface area contributed by atoms with Crippen molar-refractivity contribution in [3.05, 3.63) is 11.5 Å². The van der Waals surface area contributed by atoms with Crippen LogP contribution >= 0.6 is 0 Å². The minimum absolute atomic E-state index is 0.0324. The largest absolute Gasteiger partial charge is 0.509 e. The molecule has 3 N–H and O–H groups in total. The third kappa shape index (κ3) is 0.774. The minimum Gasteiger partial charge on any atom is -0.509 e. The molecule has 3 nitrogen and oxygen atoms in total. The molecule has 1 saturated carbocycles. The van der Waals surface area contributed by atoms with Gasteiger partial charge >= 0.3 is 0 Å². The summed E-state index contributed by atoms with van der Waals surface area (Å²) in [6.07, 6.45) is 1.65. The fourth-order valence-electron chi connectivity index (χ4n) is 2.28. The minimum atomic E-state index is 0.0324. The molecule has 0 saturated heterocycles. The number of fused-ring (bicyclic) bond motifs is 2. The molecule has 0 aliphatic heterocycles. The molecule has 0 amide bonds. The van der Waals surface area contributed by atoms with E-state index in [0.29, 0.717) is 0 Å². The maximum atomic E-state index is 9.31. The predicted octanol–water partition coefficient (Wildman–Crippen LogP) is 0.962. The van der Waals surface area contributed by atoms with Gasteiger partial charge < -0.3 is 15.3 Å². The van der Waals surface area contributed by atoms with E-state index in [1.165, 1.54) is 0 Å². The lowest BCUT2D eigenvalue weighted by molar-refractivity contribution is 0.161. The average Bonchev–Trinajstić information content (AvgIpc) is 2.53. The molecule has 0 spiro atoms. The summed E-state index contributed by atoms with van der Waals surface area (Å²) in [5, 5.41) is 27.4. The summed E-state index contributed by atoms with van der Waals surface area (Å²) in [6.45, 7) is 0.124. The van der Waals surface area contributed by atoms with E-state index in [1.54, 1.807) is 0 Å². The maximum Gasteiger partial charge on any atom is 0.133 e. The number of aliphatic hydroxyl groups excluding tert-OH is 3. The van der Waals surface area contributed by atoms with E-state index in [-0.39, 0.29) is 35.9 Å². The molecule has 62 valence electrons. The van der Waals surface area contributed by atoms with Gasteiger partial charge in [-0.3, -0.25) is 0 Å². The summed E-state index contributed by atoms with van der Waals surface area (Å²) in [7, 11) is 0. The molecule has 2 aliphatic rings. The van der Waals surface area contributed by atoms with E-state index in [2.05, 4.69) is 0 Å². The Bertz CT molecular complexity index is 209. The van der Waals surface area contributed by atoms with Gasteiger partial charge in [0.25, 0.3) is 0 Å². The zero-order valence-corrected chi connectivity index (χ0v) is 6.20. The van der Waals surface area contributed by atoms with Crippen LogP contribution in [0.25, 0.3) is 0 Å². The summed E-state index contributed by atoms with van der Waals surface area (Å²) >= 11 is 0. The first-order valence-electron chi connectivity index (χ1n) is 3.97. The SMILES string of the molecule is OCC1CC2CC1C(O)=C2O. The predicted molar refractivity (Wildman–Crippen MR) is 39.1 cm³/mol. The van der Waals surface area contributed by atoms with Crippen molar-refractivity contribution < 1.29 is 15.3 Å². The van der Waals surface area contributed by atoms with Gasteiger partial charge in [-0.2, -0.15) is 0 Å². The van der Waals surface area contributed by atoms with Crippen molar-refractivity contribution in [3.63, 3.8) is 0 Å². The number of hydrogen-bond donors (Lipinski definition) is 3. The van der Waals surface area contributed by atoms with Gasteiger partial charge in [-0.15, -0.1) is 0 Å². The smallest absolute Gasteiger partial charge is 0.133 e. The highest BCUT2D eigenvalue weighted by Crippen LogP contribution is 2.49. The molecule has 0 aromatic heterocycles. The topological polar surface area (TPSA) is 60.7 Å². The van der Waals surface area contributed by atoms with Crippen molar-refractivity contribution >= 4 is 0 Å². The lowest BCUT2D eigenvalue weighted by Gasteiger charge is -2.18. The van der Waals surface area contributed by atoms with Crippen molar-refractivity contribution in [2.24, 2.45) is 17.8 Å². The Hall–Kier alpha value is -0.700. The standard InChI is InChI=1S/C8H12O3/c9-3-5-1-4-2-6(5)8(11)7(4)10/h4-6,9-11H,1-3H2. The summed E-state index contributed by atoms with van der Waals surface area (Å²) in [5.41, 5.74) is 0. The van der Waals surface area contributed by atoms with E-state index >= 15 is 0 Å². The Morgan fingerprint density at radius 1 is 1.18 bits per heavy atom. The van der Waals surface area contributed by atoms with Crippen molar-refractivity contribution in [2.75, 3.05) is 6.61 Å². The van der Waals surface area contributed by atoms with Crippen LogP contribution in [0.2, 0.25) is 0 Å². The highest BCUT2D eigenvalue weighted by Gasteiger charge is 2.45. The molecule has 0 aromatic carbocycles. The lowest BCUT2D eigenvalue weighted by Crippen LogP contribution is -2.17. The van der Waals surface area contributed by atoms with Gasteiger partial charge in [-0.05, 0) is 18.8 Å². The molecule has 3 heteroatoms. The molecule has 0 aromatic rings. The van der Waals surface area contributed by atoms with Crippen molar-refractivity contribution in [1.82, 2.24) is 0 Å². The number of rotatable bonds is 1. The summed E-state index contributed by atoms with van der Waals surface area (Å²) in [6, 6.07) is 0. The molecule has 2 aliphatic carbocycles. The molecule has 0 radical (unpaired) electrons. The first-order valence-corrected chi connectivity index (χ1v) is 3.97. The second-order valence-electron chi connectivity index (χ2n) is 3.49. The van der Waals surface area contributed by atoms with Crippen LogP contribution in [0.4, 0.5) is 0 Å². The van der Waals surface area contributed by atoms with E-state index in [1.807, 2.05) is 0 Å². The van der Waals surface area contributed by atoms with Crippen LogP contribution in [-0.4, -0.2) is 21.9 Å². The lowest BCUT2D eigenvalue weighted by atomic mass is 9.92.